The molecule has 8 nitrogen and oxygen atoms in total. The molecule has 1 aromatic carbocycles. The van der Waals surface area contributed by atoms with Crippen LogP contribution in [0.25, 0.3) is 0 Å². The number of aromatic nitrogens is 2. The number of nitrogens with one attached hydrogen (secondary N) is 3. The van der Waals surface area contributed by atoms with E-state index in [0.29, 0.717) is 29.6 Å². The summed E-state index contributed by atoms with van der Waals surface area (Å²) in [7, 11) is 2.10. The quantitative estimate of drug-likeness (QED) is 0.238. The second kappa shape index (κ2) is 9.49. The Balaban J connectivity index is 1.65. The zero-order valence-electron chi connectivity index (χ0n) is 16.9. The summed E-state index contributed by atoms with van der Waals surface area (Å²) >= 11 is 0. The van der Waals surface area contributed by atoms with Crippen LogP contribution in [0.15, 0.2) is 42.7 Å². The Morgan fingerprint density at radius 3 is 2.86 bits per heavy atom. The van der Waals surface area contributed by atoms with Crippen LogP contribution in [0.4, 0.5) is 23.0 Å². The largest absolute Gasteiger partial charge is 0.383 e. The SMILES string of the molecule is CCC(=N)c1c(N)ncnc1Nc1cccc(NC(O)C=CCN(C)C2CC2)c1. The third-order valence-corrected chi connectivity index (χ3v) is 4.85. The Morgan fingerprint density at radius 2 is 2.14 bits per heavy atom. The Labute approximate surface area is 171 Å². The van der Waals surface area contributed by atoms with Crippen molar-refractivity contribution in [2.24, 2.45) is 0 Å². The first-order valence-corrected chi connectivity index (χ1v) is 9.84. The van der Waals surface area contributed by atoms with Crippen molar-refractivity contribution in [1.29, 1.82) is 5.41 Å². The number of anilines is 4. The monoisotopic (exact) mass is 395 g/mol. The molecule has 1 aromatic heterocycles. The smallest absolute Gasteiger partial charge is 0.145 e. The first kappa shape index (κ1) is 20.8. The molecule has 0 radical (unpaired) electrons. The third-order valence-electron chi connectivity index (χ3n) is 4.85. The van der Waals surface area contributed by atoms with Crippen molar-refractivity contribution in [3.05, 3.63) is 48.3 Å². The molecule has 1 aliphatic carbocycles. The average Bonchev–Trinajstić information content (AvgIpc) is 3.53. The van der Waals surface area contributed by atoms with Gasteiger partial charge < -0.3 is 26.9 Å². The molecule has 2 aromatic rings. The van der Waals surface area contributed by atoms with Gasteiger partial charge in [0.2, 0.25) is 0 Å². The van der Waals surface area contributed by atoms with E-state index in [9.17, 15) is 5.11 Å². The highest BCUT2D eigenvalue weighted by Crippen LogP contribution is 2.26. The fourth-order valence-electron chi connectivity index (χ4n) is 3.03. The minimum atomic E-state index is -0.781. The van der Waals surface area contributed by atoms with Crippen LogP contribution in [-0.4, -0.2) is 51.5 Å². The van der Waals surface area contributed by atoms with E-state index in [1.807, 2.05) is 37.3 Å². The van der Waals surface area contributed by atoms with Crippen LogP contribution in [0.3, 0.4) is 0 Å². The summed E-state index contributed by atoms with van der Waals surface area (Å²) in [5.74, 6) is 0.769. The fraction of sp³-hybridized carbons (Fsp3) is 0.381. The second-order valence-electron chi connectivity index (χ2n) is 7.21. The number of rotatable bonds is 10. The van der Waals surface area contributed by atoms with E-state index in [2.05, 4.69) is 32.5 Å². The van der Waals surface area contributed by atoms with Crippen LogP contribution in [0.5, 0.6) is 0 Å². The number of hydrogen-bond donors (Lipinski definition) is 5. The molecule has 1 unspecified atom stereocenters. The lowest BCUT2D eigenvalue weighted by Gasteiger charge is -2.15. The molecule has 154 valence electrons. The Morgan fingerprint density at radius 1 is 1.38 bits per heavy atom. The highest BCUT2D eigenvalue weighted by atomic mass is 16.3. The summed E-state index contributed by atoms with van der Waals surface area (Å²) in [6.45, 7) is 2.71. The van der Waals surface area contributed by atoms with Gasteiger partial charge in [0.15, 0.2) is 0 Å². The molecule has 29 heavy (non-hydrogen) atoms. The number of nitrogen functional groups attached to an aromatic ring is 1. The van der Waals surface area contributed by atoms with Crippen molar-refractivity contribution in [3.8, 4) is 0 Å². The van der Waals surface area contributed by atoms with Gasteiger partial charge in [-0.2, -0.15) is 0 Å². The maximum absolute atomic E-state index is 10.2. The van der Waals surface area contributed by atoms with Gasteiger partial charge in [-0.3, -0.25) is 4.90 Å². The number of nitrogens with zero attached hydrogens (tertiary/aromatic N) is 3. The minimum Gasteiger partial charge on any atom is -0.383 e. The number of likely N-dealkylation sites (N-methyl/N-ethyl adjacent to an activating group) is 1. The topological polar surface area (TPSA) is 123 Å². The van der Waals surface area contributed by atoms with Gasteiger partial charge in [-0.15, -0.1) is 0 Å². The van der Waals surface area contributed by atoms with E-state index < -0.39 is 6.23 Å². The molecule has 0 amide bonds. The summed E-state index contributed by atoms with van der Waals surface area (Å²) in [6.07, 6.45) is 7.39. The van der Waals surface area contributed by atoms with E-state index in [1.54, 1.807) is 6.08 Å². The van der Waals surface area contributed by atoms with E-state index in [-0.39, 0.29) is 5.82 Å². The standard InChI is InChI=1S/C21H29N7O/c1-3-17(22)19-20(23)24-13-25-21(19)27-15-7-4-6-14(12-15)26-18(29)8-5-11-28(2)16-9-10-16/h4-8,12-13,16,18,22,26,29H,3,9-11H2,1-2H3,(H3,23,24,25,27). The van der Waals surface area contributed by atoms with Gasteiger partial charge >= 0.3 is 0 Å². The number of benzene rings is 1. The van der Waals surface area contributed by atoms with Gasteiger partial charge in [-0.1, -0.05) is 19.1 Å². The zero-order valence-corrected chi connectivity index (χ0v) is 16.9. The molecule has 1 atom stereocenters. The van der Waals surface area contributed by atoms with Crippen molar-refractivity contribution >= 4 is 28.7 Å². The summed E-state index contributed by atoms with van der Waals surface area (Å²) < 4.78 is 0. The van der Waals surface area contributed by atoms with Crippen LogP contribution in [0.1, 0.15) is 31.7 Å². The van der Waals surface area contributed by atoms with Gasteiger partial charge in [-0.25, -0.2) is 9.97 Å². The summed E-state index contributed by atoms with van der Waals surface area (Å²) in [4.78, 5) is 10.5. The Bertz CT molecular complexity index is 879. The predicted octanol–water partition coefficient (Wildman–Crippen LogP) is 2.96. The van der Waals surface area contributed by atoms with Crippen LogP contribution in [0, 0.1) is 5.41 Å². The summed E-state index contributed by atoms with van der Waals surface area (Å²) in [6, 6.07) is 8.20. The Kier molecular flexibility index (Phi) is 6.79. The van der Waals surface area contributed by atoms with E-state index in [1.165, 1.54) is 19.2 Å². The summed E-state index contributed by atoms with van der Waals surface area (Å²) in [5.41, 5.74) is 8.36. The summed E-state index contributed by atoms with van der Waals surface area (Å²) in [5, 5.41) is 24.6. The molecule has 1 aliphatic rings. The maximum atomic E-state index is 10.2. The lowest BCUT2D eigenvalue weighted by molar-refractivity contribution is 0.251. The first-order chi connectivity index (χ1) is 14.0. The number of nitrogens with two attached hydrogens (primary N) is 1. The van der Waals surface area contributed by atoms with E-state index in [0.717, 1.165) is 17.9 Å². The molecule has 0 saturated heterocycles. The number of aliphatic hydroxyl groups excluding tert-OH is 1. The third kappa shape index (κ3) is 5.75. The molecule has 6 N–H and O–H groups in total. The van der Waals surface area contributed by atoms with E-state index in [4.69, 9.17) is 11.1 Å². The molecule has 1 heterocycles. The number of hydrogen-bond acceptors (Lipinski definition) is 8. The first-order valence-electron chi connectivity index (χ1n) is 9.84. The van der Waals surface area contributed by atoms with Crippen LogP contribution in [-0.2, 0) is 0 Å². The lowest BCUT2D eigenvalue weighted by atomic mass is 10.1. The average molecular weight is 396 g/mol. The van der Waals surface area contributed by atoms with Gasteiger partial charge in [0.1, 0.15) is 24.2 Å². The zero-order chi connectivity index (χ0) is 20.8. The highest BCUT2D eigenvalue weighted by Gasteiger charge is 2.24. The van der Waals surface area contributed by atoms with Gasteiger partial charge in [0.25, 0.3) is 0 Å². The number of aliphatic hydroxyl groups is 1. The molecule has 0 bridgehead atoms. The van der Waals surface area contributed by atoms with Gasteiger partial charge in [0.05, 0.1) is 5.56 Å². The normalized spacial score (nSPS) is 14.9. The second-order valence-corrected chi connectivity index (χ2v) is 7.21. The molecule has 3 rings (SSSR count). The fourth-order valence-corrected chi connectivity index (χ4v) is 3.03. The van der Waals surface area contributed by atoms with Gasteiger partial charge in [-0.05, 0) is 50.6 Å². The van der Waals surface area contributed by atoms with Crippen molar-refractivity contribution < 1.29 is 5.11 Å². The maximum Gasteiger partial charge on any atom is 0.145 e. The molecule has 1 saturated carbocycles. The molecule has 8 heteroatoms. The van der Waals surface area contributed by atoms with Crippen LogP contribution >= 0.6 is 0 Å². The van der Waals surface area contributed by atoms with E-state index >= 15 is 0 Å². The molecule has 0 aliphatic heterocycles. The predicted molar refractivity (Wildman–Crippen MR) is 118 cm³/mol. The van der Waals surface area contributed by atoms with Crippen molar-refractivity contribution in [2.75, 3.05) is 30.0 Å². The molecular weight excluding hydrogens is 366 g/mol. The lowest BCUT2D eigenvalue weighted by Crippen LogP contribution is -2.21. The van der Waals surface area contributed by atoms with Crippen LogP contribution in [0.2, 0.25) is 0 Å². The van der Waals surface area contributed by atoms with Crippen molar-refractivity contribution in [1.82, 2.24) is 14.9 Å². The van der Waals surface area contributed by atoms with Crippen molar-refractivity contribution in [2.45, 2.75) is 38.5 Å². The van der Waals surface area contributed by atoms with Gasteiger partial charge in [0, 0.05) is 29.7 Å². The molecule has 0 spiro atoms. The van der Waals surface area contributed by atoms with Crippen LogP contribution < -0.4 is 16.4 Å². The highest BCUT2D eigenvalue weighted by molar-refractivity contribution is 6.06. The van der Waals surface area contributed by atoms with Crippen molar-refractivity contribution in [3.63, 3.8) is 0 Å². The molecular formula is C21H29N7O. The minimum absolute atomic E-state index is 0.278. The Hall–Kier alpha value is -2.97. The molecule has 1 fully saturated rings.